The predicted octanol–water partition coefficient (Wildman–Crippen LogP) is 3.53. The van der Waals surface area contributed by atoms with Crippen molar-refractivity contribution in [2.24, 2.45) is 0 Å². The fourth-order valence-electron chi connectivity index (χ4n) is 3.50. The second-order valence-corrected chi connectivity index (χ2v) is 6.82. The summed E-state index contributed by atoms with van der Waals surface area (Å²) in [4.78, 5) is 2.61. The minimum Gasteiger partial charge on any atom is -0.315 e. The zero-order valence-corrected chi connectivity index (χ0v) is 13.9. The second kappa shape index (κ2) is 6.89. The maximum atomic E-state index is 13.3. The van der Waals surface area contributed by atoms with Crippen molar-refractivity contribution in [2.45, 2.75) is 58.0 Å². The van der Waals surface area contributed by atoms with Crippen LogP contribution in [0.25, 0.3) is 0 Å². The lowest BCUT2D eigenvalue weighted by molar-refractivity contribution is 0.0635. The topological polar surface area (TPSA) is 15.3 Å². The van der Waals surface area contributed by atoms with Gasteiger partial charge in [-0.3, -0.25) is 4.90 Å². The third-order valence-electron chi connectivity index (χ3n) is 5.10. The Kier molecular flexibility index (Phi) is 5.39. The molecule has 3 heteroatoms. The second-order valence-electron chi connectivity index (χ2n) is 6.82. The largest absolute Gasteiger partial charge is 0.315 e. The monoisotopic (exact) mass is 292 g/mol. The van der Waals surface area contributed by atoms with E-state index in [1.54, 1.807) is 12.1 Å². The highest BCUT2D eigenvalue weighted by molar-refractivity contribution is 5.28. The van der Waals surface area contributed by atoms with Crippen molar-refractivity contribution in [3.8, 4) is 0 Å². The van der Waals surface area contributed by atoms with Crippen LogP contribution in [0.4, 0.5) is 4.39 Å². The lowest BCUT2D eigenvalue weighted by atomic mass is 9.85. The molecule has 0 saturated carbocycles. The molecule has 2 nitrogen and oxygen atoms in total. The molecule has 1 aromatic carbocycles. The van der Waals surface area contributed by atoms with Crippen molar-refractivity contribution >= 4 is 0 Å². The van der Waals surface area contributed by atoms with E-state index in [1.807, 2.05) is 20.0 Å². The van der Waals surface area contributed by atoms with Gasteiger partial charge in [0.05, 0.1) is 0 Å². The van der Waals surface area contributed by atoms with E-state index in [2.05, 4.69) is 24.1 Å². The van der Waals surface area contributed by atoms with Gasteiger partial charge in [0, 0.05) is 11.6 Å². The van der Waals surface area contributed by atoms with Gasteiger partial charge in [0.1, 0.15) is 5.82 Å². The summed E-state index contributed by atoms with van der Waals surface area (Å²) in [6.07, 6.45) is 4.89. The number of piperidine rings is 1. The van der Waals surface area contributed by atoms with Crippen molar-refractivity contribution < 1.29 is 4.39 Å². The van der Waals surface area contributed by atoms with Crippen molar-refractivity contribution in [3.63, 3.8) is 0 Å². The zero-order chi connectivity index (χ0) is 15.5. The van der Waals surface area contributed by atoms with Gasteiger partial charge >= 0.3 is 0 Å². The zero-order valence-electron chi connectivity index (χ0n) is 13.9. The van der Waals surface area contributed by atoms with E-state index >= 15 is 0 Å². The van der Waals surface area contributed by atoms with E-state index < -0.39 is 0 Å². The third-order valence-corrected chi connectivity index (χ3v) is 5.10. The molecule has 0 spiro atoms. The number of benzene rings is 1. The lowest BCUT2D eigenvalue weighted by Crippen LogP contribution is -2.59. The molecule has 1 saturated heterocycles. The average molecular weight is 292 g/mol. The lowest BCUT2D eigenvalue weighted by Gasteiger charge is -2.46. The van der Waals surface area contributed by atoms with Crippen molar-refractivity contribution in [1.82, 2.24) is 10.2 Å². The van der Waals surface area contributed by atoms with Crippen molar-refractivity contribution in [1.29, 1.82) is 0 Å². The van der Waals surface area contributed by atoms with Crippen LogP contribution in [0.1, 0.15) is 44.2 Å². The van der Waals surface area contributed by atoms with Crippen LogP contribution < -0.4 is 5.32 Å². The number of hydrogen-bond acceptors (Lipinski definition) is 2. The van der Waals surface area contributed by atoms with Gasteiger partial charge in [0.2, 0.25) is 0 Å². The fraction of sp³-hybridized carbons (Fsp3) is 0.667. The smallest absolute Gasteiger partial charge is 0.123 e. The first kappa shape index (κ1) is 16.4. The summed E-state index contributed by atoms with van der Waals surface area (Å²) in [5.74, 6) is -0.146. The number of aryl methyl sites for hydroxylation is 1. The summed E-state index contributed by atoms with van der Waals surface area (Å²) in [7, 11) is 2.04. The minimum absolute atomic E-state index is 0.107. The van der Waals surface area contributed by atoms with Crippen molar-refractivity contribution in [3.05, 3.63) is 35.1 Å². The Hall–Kier alpha value is -0.930. The Bertz CT molecular complexity index is 464. The van der Waals surface area contributed by atoms with Gasteiger partial charge < -0.3 is 5.32 Å². The molecular formula is C18H29FN2. The molecule has 1 fully saturated rings. The van der Waals surface area contributed by atoms with E-state index in [9.17, 15) is 4.39 Å². The number of rotatable bonds is 5. The Balaban J connectivity index is 2.14. The van der Waals surface area contributed by atoms with Crippen LogP contribution in [0.2, 0.25) is 0 Å². The van der Waals surface area contributed by atoms with E-state index in [-0.39, 0.29) is 11.4 Å². The highest BCUT2D eigenvalue weighted by Gasteiger charge is 2.35. The van der Waals surface area contributed by atoms with Gasteiger partial charge in [-0.25, -0.2) is 4.39 Å². The molecule has 1 N–H and O–H groups in total. The molecular weight excluding hydrogens is 263 g/mol. The summed E-state index contributed by atoms with van der Waals surface area (Å²) in [5, 5.41) is 3.49. The standard InChI is InChI=1S/C18H29FN2/c1-14-12-16(19)9-8-15(14)13-17(20-4)18(2,3)21-10-6-5-7-11-21/h8-9,12,17,20H,5-7,10-11,13H2,1-4H3. The average Bonchev–Trinajstić information content (AvgIpc) is 2.47. The van der Waals surface area contributed by atoms with Crippen LogP contribution in [0.15, 0.2) is 18.2 Å². The molecule has 118 valence electrons. The summed E-state index contributed by atoms with van der Waals surface area (Å²) in [6.45, 7) is 9.04. The van der Waals surface area contributed by atoms with Crippen LogP contribution in [-0.4, -0.2) is 36.6 Å². The van der Waals surface area contributed by atoms with E-state index in [1.165, 1.54) is 37.9 Å². The summed E-state index contributed by atoms with van der Waals surface area (Å²) in [5.41, 5.74) is 2.39. The maximum absolute atomic E-state index is 13.3. The van der Waals surface area contributed by atoms with Crippen LogP contribution in [0.5, 0.6) is 0 Å². The number of hydrogen-bond donors (Lipinski definition) is 1. The molecule has 2 rings (SSSR count). The molecule has 1 heterocycles. The molecule has 0 aliphatic carbocycles. The van der Waals surface area contributed by atoms with Gasteiger partial charge in [-0.2, -0.15) is 0 Å². The molecule has 1 aliphatic rings. The van der Waals surface area contributed by atoms with E-state index in [4.69, 9.17) is 0 Å². The first-order valence-corrected chi connectivity index (χ1v) is 8.12. The molecule has 1 unspecified atom stereocenters. The molecule has 0 bridgehead atoms. The normalized spacial score (nSPS) is 18.7. The van der Waals surface area contributed by atoms with Crippen LogP contribution >= 0.6 is 0 Å². The Morgan fingerprint density at radius 2 is 1.90 bits per heavy atom. The summed E-state index contributed by atoms with van der Waals surface area (Å²) in [6, 6.07) is 5.50. The van der Waals surface area contributed by atoms with Gasteiger partial charge in [-0.05, 0) is 83.4 Å². The SMILES string of the molecule is CNC(Cc1ccc(F)cc1C)C(C)(C)N1CCCCC1. The Labute approximate surface area is 128 Å². The molecule has 1 aliphatic heterocycles. The Morgan fingerprint density at radius 3 is 2.48 bits per heavy atom. The maximum Gasteiger partial charge on any atom is 0.123 e. The first-order valence-electron chi connectivity index (χ1n) is 8.12. The van der Waals surface area contributed by atoms with Crippen LogP contribution in [0.3, 0.4) is 0 Å². The van der Waals surface area contributed by atoms with Gasteiger partial charge in [0.15, 0.2) is 0 Å². The summed E-state index contributed by atoms with van der Waals surface area (Å²) >= 11 is 0. The molecule has 1 aromatic rings. The van der Waals surface area contributed by atoms with Crippen LogP contribution in [-0.2, 0) is 6.42 Å². The highest BCUT2D eigenvalue weighted by atomic mass is 19.1. The summed E-state index contributed by atoms with van der Waals surface area (Å²) < 4.78 is 13.3. The Morgan fingerprint density at radius 1 is 1.24 bits per heavy atom. The van der Waals surface area contributed by atoms with Gasteiger partial charge in [0.25, 0.3) is 0 Å². The quantitative estimate of drug-likeness (QED) is 0.893. The molecule has 0 amide bonds. The minimum atomic E-state index is -0.146. The number of likely N-dealkylation sites (N-methyl/N-ethyl adjacent to an activating group) is 1. The molecule has 0 radical (unpaired) electrons. The predicted molar refractivity (Wildman–Crippen MR) is 87.2 cm³/mol. The molecule has 0 aromatic heterocycles. The highest BCUT2D eigenvalue weighted by Crippen LogP contribution is 2.26. The van der Waals surface area contributed by atoms with Crippen molar-refractivity contribution in [2.75, 3.05) is 20.1 Å². The fourth-order valence-corrected chi connectivity index (χ4v) is 3.50. The van der Waals surface area contributed by atoms with Gasteiger partial charge in [-0.15, -0.1) is 0 Å². The number of halogens is 1. The molecule has 1 atom stereocenters. The first-order chi connectivity index (χ1) is 9.95. The van der Waals surface area contributed by atoms with E-state index in [0.717, 1.165) is 12.0 Å². The number of nitrogens with one attached hydrogen (secondary N) is 1. The third kappa shape index (κ3) is 3.83. The van der Waals surface area contributed by atoms with Gasteiger partial charge in [-0.1, -0.05) is 12.5 Å². The molecule has 21 heavy (non-hydrogen) atoms. The number of likely N-dealkylation sites (tertiary alicyclic amines) is 1. The number of nitrogens with zero attached hydrogens (tertiary/aromatic N) is 1. The van der Waals surface area contributed by atoms with E-state index in [0.29, 0.717) is 6.04 Å². The van der Waals surface area contributed by atoms with Crippen LogP contribution in [0, 0.1) is 12.7 Å².